The maximum absolute atomic E-state index is 12.8. The predicted octanol–water partition coefficient (Wildman–Crippen LogP) is 3.62. The van der Waals surface area contributed by atoms with E-state index >= 15 is 0 Å². The SMILES string of the molecule is O=C(CSc1ccccc1)N1CCN(S(=O)(=O)c2cccc(Cl)c2Cl)CC1. The molecule has 1 amide bonds. The Morgan fingerprint density at radius 2 is 1.63 bits per heavy atom. The second kappa shape index (κ2) is 8.84. The van der Waals surface area contributed by atoms with Crippen LogP contribution in [0.15, 0.2) is 58.3 Å². The molecule has 0 aromatic heterocycles. The van der Waals surface area contributed by atoms with Gasteiger partial charge in [0.1, 0.15) is 4.90 Å². The van der Waals surface area contributed by atoms with Gasteiger partial charge in [-0.25, -0.2) is 8.42 Å². The van der Waals surface area contributed by atoms with Crippen molar-refractivity contribution in [3.63, 3.8) is 0 Å². The average molecular weight is 445 g/mol. The highest BCUT2D eigenvalue weighted by molar-refractivity contribution is 8.00. The molecular weight excluding hydrogens is 427 g/mol. The second-order valence-corrected chi connectivity index (χ2v) is 9.68. The van der Waals surface area contributed by atoms with Gasteiger partial charge >= 0.3 is 0 Å². The highest BCUT2D eigenvalue weighted by Crippen LogP contribution is 2.31. The number of carbonyl (C=O) groups is 1. The zero-order valence-electron chi connectivity index (χ0n) is 14.3. The first-order chi connectivity index (χ1) is 12.9. The van der Waals surface area contributed by atoms with Crippen LogP contribution < -0.4 is 0 Å². The standard InChI is InChI=1S/C18H18Cl2N2O3S2/c19-15-7-4-8-16(18(15)20)27(24,25)22-11-9-21(10-12-22)17(23)13-26-14-5-2-1-3-6-14/h1-8H,9-13H2. The molecule has 0 unspecified atom stereocenters. The average Bonchev–Trinajstić information content (AvgIpc) is 2.69. The van der Waals surface area contributed by atoms with Crippen molar-refractivity contribution in [1.82, 2.24) is 9.21 Å². The van der Waals surface area contributed by atoms with Crippen LogP contribution in [0.2, 0.25) is 10.0 Å². The van der Waals surface area contributed by atoms with Crippen molar-refractivity contribution in [2.45, 2.75) is 9.79 Å². The molecule has 0 radical (unpaired) electrons. The van der Waals surface area contributed by atoms with Gasteiger partial charge in [-0.2, -0.15) is 4.31 Å². The number of benzene rings is 2. The summed E-state index contributed by atoms with van der Waals surface area (Å²) in [5.41, 5.74) is 0. The number of piperazine rings is 1. The molecule has 0 atom stereocenters. The van der Waals surface area contributed by atoms with Crippen molar-refractivity contribution in [3.05, 3.63) is 58.6 Å². The van der Waals surface area contributed by atoms with E-state index in [1.807, 2.05) is 30.3 Å². The Hall–Kier alpha value is -1.25. The van der Waals surface area contributed by atoms with E-state index in [4.69, 9.17) is 23.2 Å². The van der Waals surface area contributed by atoms with Gasteiger partial charge in [-0.15, -0.1) is 11.8 Å². The van der Waals surface area contributed by atoms with Crippen LogP contribution in [-0.4, -0.2) is 55.5 Å². The van der Waals surface area contributed by atoms with Gasteiger partial charge < -0.3 is 4.90 Å². The number of carbonyl (C=O) groups excluding carboxylic acids is 1. The number of halogens is 2. The van der Waals surface area contributed by atoms with E-state index in [2.05, 4.69) is 0 Å². The lowest BCUT2D eigenvalue weighted by molar-refractivity contribution is -0.129. The van der Waals surface area contributed by atoms with E-state index in [1.54, 1.807) is 17.0 Å². The Balaban J connectivity index is 1.59. The Labute approximate surface area is 173 Å². The third-order valence-corrected chi connectivity index (χ3v) is 8.10. The van der Waals surface area contributed by atoms with Crippen LogP contribution in [-0.2, 0) is 14.8 Å². The minimum Gasteiger partial charge on any atom is -0.339 e. The van der Waals surface area contributed by atoms with Crippen molar-refractivity contribution >= 4 is 50.9 Å². The predicted molar refractivity (Wildman–Crippen MR) is 109 cm³/mol. The molecule has 3 rings (SSSR count). The Kier molecular flexibility index (Phi) is 6.70. The highest BCUT2D eigenvalue weighted by Gasteiger charge is 2.31. The summed E-state index contributed by atoms with van der Waals surface area (Å²) in [5, 5.41) is 0.224. The Bertz CT molecular complexity index is 915. The zero-order chi connectivity index (χ0) is 19.4. The van der Waals surface area contributed by atoms with E-state index in [1.165, 1.54) is 22.1 Å². The van der Waals surface area contributed by atoms with Crippen LogP contribution in [0.25, 0.3) is 0 Å². The van der Waals surface area contributed by atoms with E-state index in [9.17, 15) is 13.2 Å². The summed E-state index contributed by atoms with van der Waals surface area (Å²) in [4.78, 5) is 15.1. The maximum Gasteiger partial charge on any atom is 0.244 e. The molecule has 0 spiro atoms. The van der Waals surface area contributed by atoms with E-state index in [0.717, 1.165) is 4.90 Å². The van der Waals surface area contributed by atoms with E-state index in [0.29, 0.717) is 18.8 Å². The number of hydrogen-bond donors (Lipinski definition) is 0. The molecule has 1 fully saturated rings. The van der Waals surface area contributed by atoms with Gasteiger partial charge in [0.25, 0.3) is 0 Å². The number of nitrogens with zero attached hydrogens (tertiary/aromatic N) is 2. The fourth-order valence-electron chi connectivity index (χ4n) is 2.75. The van der Waals surface area contributed by atoms with Gasteiger partial charge in [0.2, 0.25) is 15.9 Å². The summed E-state index contributed by atoms with van der Waals surface area (Å²) in [6.45, 7) is 1.16. The molecule has 5 nitrogen and oxygen atoms in total. The summed E-state index contributed by atoms with van der Waals surface area (Å²) in [7, 11) is -3.75. The Morgan fingerprint density at radius 1 is 0.963 bits per heavy atom. The fraction of sp³-hybridized carbons (Fsp3) is 0.278. The van der Waals surface area contributed by atoms with Crippen LogP contribution in [0.1, 0.15) is 0 Å². The second-order valence-electron chi connectivity index (χ2n) is 5.94. The lowest BCUT2D eigenvalue weighted by Gasteiger charge is -2.34. The molecule has 144 valence electrons. The van der Waals surface area contributed by atoms with Crippen LogP contribution >= 0.6 is 35.0 Å². The summed E-state index contributed by atoms with van der Waals surface area (Å²) in [5.74, 6) is 0.332. The molecule has 0 N–H and O–H groups in total. The topological polar surface area (TPSA) is 57.7 Å². The summed E-state index contributed by atoms with van der Waals surface area (Å²) in [6, 6.07) is 14.2. The van der Waals surface area contributed by atoms with Gasteiger partial charge in [-0.05, 0) is 24.3 Å². The molecule has 27 heavy (non-hydrogen) atoms. The molecule has 0 aliphatic carbocycles. The summed E-state index contributed by atoms with van der Waals surface area (Å²) < 4.78 is 27.0. The number of sulfonamides is 1. The first-order valence-electron chi connectivity index (χ1n) is 8.29. The normalized spacial score (nSPS) is 15.7. The molecule has 0 bridgehead atoms. The van der Waals surface area contributed by atoms with Gasteiger partial charge in [0.15, 0.2) is 0 Å². The third kappa shape index (κ3) is 4.78. The smallest absolute Gasteiger partial charge is 0.244 e. The third-order valence-electron chi connectivity index (χ3n) is 4.23. The molecular formula is C18H18Cl2N2O3S2. The van der Waals surface area contributed by atoms with E-state index < -0.39 is 10.0 Å². The zero-order valence-corrected chi connectivity index (χ0v) is 17.5. The van der Waals surface area contributed by atoms with Crippen LogP contribution in [0, 0.1) is 0 Å². The van der Waals surface area contributed by atoms with Gasteiger partial charge in [-0.3, -0.25) is 4.79 Å². The van der Waals surface area contributed by atoms with Gasteiger partial charge in [-0.1, -0.05) is 47.5 Å². The van der Waals surface area contributed by atoms with Gasteiger partial charge in [0.05, 0.1) is 15.8 Å². The van der Waals surface area contributed by atoms with Gasteiger partial charge in [0, 0.05) is 31.1 Å². The van der Waals surface area contributed by atoms with Crippen molar-refractivity contribution in [3.8, 4) is 0 Å². The number of thioether (sulfide) groups is 1. The maximum atomic E-state index is 12.8. The van der Waals surface area contributed by atoms with Crippen molar-refractivity contribution < 1.29 is 13.2 Å². The monoisotopic (exact) mass is 444 g/mol. The molecule has 1 aliphatic rings. The first-order valence-corrected chi connectivity index (χ1v) is 11.5. The quantitative estimate of drug-likeness (QED) is 0.660. The highest BCUT2D eigenvalue weighted by atomic mass is 35.5. The first kappa shape index (κ1) is 20.5. The largest absolute Gasteiger partial charge is 0.339 e. The van der Waals surface area contributed by atoms with Crippen LogP contribution in [0.5, 0.6) is 0 Å². The van der Waals surface area contributed by atoms with E-state index in [-0.39, 0.29) is 33.9 Å². The molecule has 9 heteroatoms. The molecule has 1 heterocycles. The lowest BCUT2D eigenvalue weighted by atomic mass is 10.3. The minimum atomic E-state index is -3.75. The van der Waals surface area contributed by atoms with Crippen LogP contribution in [0.4, 0.5) is 0 Å². The fourth-order valence-corrected chi connectivity index (χ4v) is 5.73. The summed E-state index contributed by atoms with van der Waals surface area (Å²) in [6.07, 6.45) is 0. The number of amides is 1. The summed E-state index contributed by atoms with van der Waals surface area (Å²) >= 11 is 13.5. The van der Waals surface area contributed by atoms with Crippen molar-refractivity contribution in [1.29, 1.82) is 0 Å². The molecule has 2 aromatic rings. The lowest BCUT2D eigenvalue weighted by Crippen LogP contribution is -2.51. The number of rotatable bonds is 5. The minimum absolute atomic E-state index is 0.00156. The van der Waals surface area contributed by atoms with Crippen LogP contribution in [0.3, 0.4) is 0 Å². The molecule has 2 aromatic carbocycles. The Morgan fingerprint density at radius 3 is 2.30 bits per heavy atom. The molecule has 1 aliphatic heterocycles. The number of hydrogen-bond acceptors (Lipinski definition) is 4. The molecule has 1 saturated heterocycles. The van der Waals surface area contributed by atoms with Crippen molar-refractivity contribution in [2.75, 3.05) is 31.9 Å². The molecule has 0 saturated carbocycles. The van der Waals surface area contributed by atoms with Crippen molar-refractivity contribution in [2.24, 2.45) is 0 Å².